The third-order valence-electron chi connectivity index (χ3n) is 2.83. The van der Waals surface area contributed by atoms with Gasteiger partial charge in [-0.1, -0.05) is 26.0 Å². The molecule has 3 nitrogen and oxygen atoms in total. The van der Waals surface area contributed by atoms with E-state index in [1.54, 1.807) is 12.1 Å². The quantitative estimate of drug-likeness (QED) is 0.803. The average Bonchev–Trinajstić information content (AvgIpc) is 2.26. The van der Waals surface area contributed by atoms with Crippen molar-refractivity contribution in [2.24, 2.45) is 5.92 Å². The maximum Gasteiger partial charge on any atom is 0.335 e. The standard InChI is InChI=1S/C13H19NO2/c1-9(2)10(3)14-8-11-4-6-12(7-5-11)13(15)16/h4-7,9-10,14H,8H2,1-3H3,(H,15,16). The lowest BCUT2D eigenvalue weighted by Crippen LogP contribution is -2.30. The van der Waals surface area contributed by atoms with E-state index in [4.69, 9.17) is 5.11 Å². The number of aromatic carboxylic acids is 1. The van der Waals surface area contributed by atoms with Crippen molar-refractivity contribution in [2.75, 3.05) is 0 Å². The Morgan fingerprint density at radius 1 is 1.25 bits per heavy atom. The summed E-state index contributed by atoms with van der Waals surface area (Å²) in [6.45, 7) is 7.27. The smallest absolute Gasteiger partial charge is 0.335 e. The number of carboxylic acid groups (broad SMARTS) is 1. The Hall–Kier alpha value is -1.35. The van der Waals surface area contributed by atoms with Gasteiger partial charge in [-0.25, -0.2) is 4.79 Å². The highest BCUT2D eigenvalue weighted by Gasteiger charge is 2.06. The van der Waals surface area contributed by atoms with Crippen LogP contribution in [0.5, 0.6) is 0 Å². The molecule has 1 unspecified atom stereocenters. The minimum atomic E-state index is -0.880. The van der Waals surface area contributed by atoms with Gasteiger partial charge in [0, 0.05) is 12.6 Å². The van der Waals surface area contributed by atoms with E-state index in [0.717, 1.165) is 12.1 Å². The Morgan fingerprint density at radius 3 is 2.25 bits per heavy atom. The second kappa shape index (κ2) is 5.66. The summed E-state index contributed by atoms with van der Waals surface area (Å²) in [6, 6.07) is 7.44. The van der Waals surface area contributed by atoms with Crippen LogP contribution in [-0.4, -0.2) is 17.1 Å². The van der Waals surface area contributed by atoms with E-state index in [-0.39, 0.29) is 0 Å². The van der Waals surface area contributed by atoms with Crippen molar-refractivity contribution in [3.05, 3.63) is 35.4 Å². The van der Waals surface area contributed by atoms with Gasteiger partial charge in [0.15, 0.2) is 0 Å². The molecule has 0 amide bonds. The van der Waals surface area contributed by atoms with Crippen molar-refractivity contribution in [1.82, 2.24) is 5.32 Å². The number of hydrogen-bond donors (Lipinski definition) is 2. The third kappa shape index (κ3) is 3.66. The monoisotopic (exact) mass is 221 g/mol. The van der Waals surface area contributed by atoms with E-state index in [1.165, 1.54) is 0 Å². The first-order valence-electron chi connectivity index (χ1n) is 5.56. The van der Waals surface area contributed by atoms with Crippen LogP contribution in [-0.2, 0) is 6.54 Å². The first-order valence-corrected chi connectivity index (χ1v) is 5.56. The Morgan fingerprint density at radius 2 is 1.81 bits per heavy atom. The Kier molecular flexibility index (Phi) is 4.50. The lowest BCUT2D eigenvalue weighted by molar-refractivity contribution is 0.0697. The van der Waals surface area contributed by atoms with Gasteiger partial charge in [-0.15, -0.1) is 0 Å². The Bertz CT molecular complexity index is 343. The molecule has 0 saturated carbocycles. The molecule has 0 saturated heterocycles. The fourth-order valence-corrected chi connectivity index (χ4v) is 1.28. The van der Waals surface area contributed by atoms with Crippen molar-refractivity contribution in [1.29, 1.82) is 0 Å². The van der Waals surface area contributed by atoms with Gasteiger partial charge < -0.3 is 10.4 Å². The van der Waals surface area contributed by atoms with Crippen LogP contribution in [0.15, 0.2) is 24.3 Å². The molecule has 1 aromatic carbocycles. The zero-order valence-electron chi connectivity index (χ0n) is 10.0. The van der Waals surface area contributed by atoms with Gasteiger partial charge in [-0.3, -0.25) is 0 Å². The van der Waals surface area contributed by atoms with Gasteiger partial charge in [0.25, 0.3) is 0 Å². The molecule has 0 aliphatic carbocycles. The highest BCUT2D eigenvalue weighted by molar-refractivity contribution is 5.87. The Balaban J connectivity index is 2.53. The molecule has 1 rings (SSSR count). The van der Waals surface area contributed by atoms with Crippen LogP contribution in [0.3, 0.4) is 0 Å². The summed E-state index contributed by atoms with van der Waals surface area (Å²) in [5.41, 5.74) is 1.44. The summed E-state index contributed by atoms with van der Waals surface area (Å²) in [5.74, 6) is -0.284. The van der Waals surface area contributed by atoms with E-state index in [0.29, 0.717) is 17.5 Å². The normalized spacial score (nSPS) is 12.8. The summed E-state index contributed by atoms with van der Waals surface area (Å²) in [6.07, 6.45) is 0. The van der Waals surface area contributed by atoms with Crippen LogP contribution < -0.4 is 5.32 Å². The molecule has 0 aliphatic heterocycles. The Labute approximate surface area is 96.5 Å². The lowest BCUT2D eigenvalue weighted by Gasteiger charge is -2.17. The number of benzene rings is 1. The topological polar surface area (TPSA) is 49.3 Å². The zero-order chi connectivity index (χ0) is 12.1. The first-order chi connectivity index (χ1) is 7.50. The van der Waals surface area contributed by atoms with E-state index in [9.17, 15) is 4.79 Å². The number of carbonyl (C=O) groups is 1. The molecule has 1 aromatic rings. The van der Waals surface area contributed by atoms with Crippen LogP contribution in [0.1, 0.15) is 36.7 Å². The second-order valence-electron chi connectivity index (χ2n) is 4.42. The van der Waals surface area contributed by atoms with Gasteiger partial charge in [-0.2, -0.15) is 0 Å². The number of carboxylic acids is 1. The van der Waals surface area contributed by atoms with E-state index < -0.39 is 5.97 Å². The number of nitrogens with one attached hydrogen (secondary N) is 1. The van der Waals surface area contributed by atoms with Crippen molar-refractivity contribution < 1.29 is 9.90 Å². The lowest BCUT2D eigenvalue weighted by atomic mass is 10.1. The minimum absolute atomic E-state index is 0.334. The zero-order valence-corrected chi connectivity index (χ0v) is 10.0. The van der Waals surface area contributed by atoms with Crippen molar-refractivity contribution >= 4 is 5.97 Å². The summed E-state index contributed by atoms with van der Waals surface area (Å²) in [4.78, 5) is 10.7. The highest BCUT2D eigenvalue weighted by atomic mass is 16.4. The predicted molar refractivity (Wildman–Crippen MR) is 64.5 cm³/mol. The summed E-state index contributed by atoms with van der Waals surface area (Å²) in [7, 11) is 0. The van der Waals surface area contributed by atoms with Gasteiger partial charge in [0.05, 0.1) is 5.56 Å². The van der Waals surface area contributed by atoms with Gasteiger partial charge in [-0.05, 0) is 30.5 Å². The summed E-state index contributed by atoms with van der Waals surface area (Å²) >= 11 is 0. The third-order valence-corrected chi connectivity index (χ3v) is 2.83. The molecule has 0 fully saturated rings. The fraction of sp³-hybridized carbons (Fsp3) is 0.462. The molecule has 88 valence electrons. The van der Waals surface area contributed by atoms with Gasteiger partial charge >= 0.3 is 5.97 Å². The largest absolute Gasteiger partial charge is 0.478 e. The van der Waals surface area contributed by atoms with Crippen LogP contribution >= 0.6 is 0 Å². The summed E-state index contributed by atoms with van der Waals surface area (Å²) in [5, 5.41) is 12.2. The predicted octanol–water partition coefficient (Wildman–Crippen LogP) is 2.52. The minimum Gasteiger partial charge on any atom is -0.478 e. The van der Waals surface area contributed by atoms with Crippen molar-refractivity contribution in [2.45, 2.75) is 33.4 Å². The molecule has 3 heteroatoms. The van der Waals surface area contributed by atoms with Crippen LogP contribution in [0.4, 0.5) is 0 Å². The first kappa shape index (κ1) is 12.7. The highest BCUT2D eigenvalue weighted by Crippen LogP contribution is 2.06. The van der Waals surface area contributed by atoms with E-state index in [1.807, 2.05) is 12.1 Å². The van der Waals surface area contributed by atoms with E-state index >= 15 is 0 Å². The molecular weight excluding hydrogens is 202 g/mol. The van der Waals surface area contributed by atoms with Crippen molar-refractivity contribution in [3.8, 4) is 0 Å². The van der Waals surface area contributed by atoms with Crippen LogP contribution in [0.2, 0.25) is 0 Å². The average molecular weight is 221 g/mol. The molecule has 0 heterocycles. The maximum atomic E-state index is 10.7. The molecular formula is C13H19NO2. The molecule has 2 N–H and O–H groups in total. The number of hydrogen-bond acceptors (Lipinski definition) is 2. The molecule has 16 heavy (non-hydrogen) atoms. The number of rotatable bonds is 5. The van der Waals surface area contributed by atoms with Gasteiger partial charge in [0.1, 0.15) is 0 Å². The van der Waals surface area contributed by atoms with Gasteiger partial charge in [0.2, 0.25) is 0 Å². The van der Waals surface area contributed by atoms with Crippen LogP contribution in [0.25, 0.3) is 0 Å². The maximum absolute atomic E-state index is 10.7. The molecule has 0 aromatic heterocycles. The van der Waals surface area contributed by atoms with Crippen LogP contribution in [0, 0.1) is 5.92 Å². The molecule has 0 aliphatic rings. The fourth-order valence-electron chi connectivity index (χ4n) is 1.28. The molecule has 0 radical (unpaired) electrons. The second-order valence-corrected chi connectivity index (χ2v) is 4.42. The van der Waals surface area contributed by atoms with E-state index in [2.05, 4.69) is 26.1 Å². The summed E-state index contributed by atoms with van der Waals surface area (Å²) < 4.78 is 0. The molecule has 1 atom stereocenters. The molecule has 0 bridgehead atoms. The molecule has 0 spiro atoms. The SMILES string of the molecule is CC(C)C(C)NCc1ccc(C(=O)O)cc1. The van der Waals surface area contributed by atoms with Crippen molar-refractivity contribution in [3.63, 3.8) is 0 Å².